The number of hydrogen-bond acceptors (Lipinski definition) is 4. The molecule has 1 aromatic carbocycles. The molecule has 6 nitrogen and oxygen atoms in total. The molecular weight excluding hydrogens is 340 g/mol. The van der Waals surface area contributed by atoms with Gasteiger partial charge in [0.1, 0.15) is 0 Å². The molecule has 0 saturated carbocycles. The highest BCUT2D eigenvalue weighted by molar-refractivity contribution is 5.81. The molecule has 3 rings (SSSR count). The number of esters is 1. The highest BCUT2D eigenvalue weighted by atomic mass is 16.5. The Morgan fingerprint density at radius 2 is 2.04 bits per heavy atom. The minimum Gasteiger partial charge on any atom is -0.466 e. The van der Waals surface area contributed by atoms with E-state index in [1.54, 1.807) is 0 Å². The number of guanidine groups is 1. The Balaban J connectivity index is 1.49. The van der Waals surface area contributed by atoms with Crippen LogP contribution in [0.15, 0.2) is 35.3 Å². The molecule has 2 unspecified atom stereocenters. The van der Waals surface area contributed by atoms with Crippen LogP contribution in [0.2, 0.25) is 0 Å². The van der Waals surface area contributed by atoms with Crippen molar-refractivity contribution in [3.8, 4) is 0 Å². The minimum atomic E-state index is -0.0769. The van der Waals surface area contributed by atoms with Crippen molar-refractivity contribution in [2.45, 2.75) is 26.2 Å². The second-order valence-corrected chi connectivity index (χ2v) is 7.40. The molecule has 0 amide bonds. The zero-order valence-corrected chi connectivity index (χ0v) is 16.6. The second kappa shape index (κ2) is 9.62. The summed E-state index contributed by atoms with van der Waals surface area (Å²) in [4.78, 5) is 21.2. The number of rotatable bonds is 5. The van der Waals surface area contributed by atoms with Gasteiger partial charge in [0.2, 0.25) is 0 Å². The number of anilines is 1. The van der Waals surface area contributed by atoms with Gasteiger partial charge >= 0.3 is 5.97 Å². The Hall–Kier alpha value is -2.24. The number of likely N-dealkylation sites (tertiary alicyclic amines) is 1. The minimum absolute atomic E-state index is 0.0442. The van der Waals surface area contributed by atoms with Crippen LogP contribution >= 0.6 is 0 Å². The summed E-state index contributed by atoms with van der Waals surface area (Å²) in [5.41, 5.74) is 1.30. The zero-order valence-electron chi connectivity index (χ0n) is 16.6. The van der Waals surface area contributed by atoms with E-state index < -0.39 is 0 Å². The summed E-state index contributed by atoms with van der Waals surface area (Å²) in [6.07, 6.45) is 3.08. The normalized spacial score (nSPS) is 23.4. The van der Waals surface area contributed by atoms with E-state index in [1.807, 2.05) is 14.0 Å². The summed E-state index contributed by atoms with van der Waals surface area (Å²) < 4.78 is 5.21. The molecule has 1 N–H and O–H groups in total. The quantitative estimate of drug-likeness (QED) is 0.489. The van der Waals surface area contributed by atoms with E-state index in [9.17, 15) is 4.79 Å². The summed E-state index contributed by atoms with van der Waals surface area (Å²) in [6.45, 7) is 7.02. The van der Waals surface area contributed by atoms with Crippen LogP contribution in [0.3, 0.4) is 0 Å². The van der Waals surface area contributed by atoms with Crippen molar-refractivity contribution in [1.82, 2.24) is 10.2 Å². The SMILES string of the molecule is CCOC(=O)C1CCCN(C(=NC)NCC2CCN(c3ccccc3)C2)C1. The third kappa shape index (κ3) is 5.15. The molecule has 2 saturated heterocycles. The molecule has 0 radical (unpaired) electrons. The Bertz CT molecular complexity index is 634. The highest BCUT2D eigenvalue weighted by Gasteiger charge is 2.29. The standard InChI is InChI=1S/C21H32N4O2/c1-3-27-20(26)18-8-7-12-25(16-18)21(22-2)23-14-17-11-13-24(15-17)19-9-5-4-6-10-19/h4-6,9-10,17-18H,3,7-8,11-16H2,1-2H3,(H,22,23). The maximum absolute atomic E-state index is 12.1. The number of nitrogens with one attached hydrogen (secondary N) is 1. The third-order valence-corrected chi connectivity index (χ3v) is 5.51. The van der Waals surface area contributed by atoms with E-state index in [-0.39, 0.29) is 11.9 Å². The van der Waals surface area contributed by atoms with Crippen molar-refractivity contribution in [3.63, 3.8) is 0 Å². The third-order valence-electron chi connectivity index (χ3n) is 5.51. The monoisotopic (exact) mass is 372 g/mol. The number of ether oxygens (including phenoxy) is 1. The smallest absolute Gasteiger partial charge is 0.310 e. The van der Waals surface area contributed by atoms with Gasteiger partial charge < -0.3 is 19.9 Å². The first-order valence-electron chi connectivity index (χ1n) is 10.1. The van der Waals surface area contributed by atoms with E-state index in [0.29, 0.717) is 19.1 Å². The van der Waals surface area contributed by atoms with Crippen molar-refractivity contribution in [1.29, 1.82) is 0 Å². The van der Waals surface area contributed by atoms with Gasteiger partial charge in [-0.3, -0.25) is 9.79 Å². The number of carbonyl (C=O) groups excluding carboxylic acids is 1. The first kappa shape index (κ1) is 19.5. The zero-order chi connectivity index (χ0) is 19.1. The lowest BCUT2D eigenvalue weighted by atomic mass is 9.98. The van der Waals surface area contributed by atoms with E-state index in [4.69, 9.17) is 4.74 Å². The molecule has 1 aromatic rings. The fraction of sp³-hybridized carbons (Fsp3) is 0.619. The van der Waals surface area contributed by atoms with Gasteiger partial charge in [-0.2, -0.15) is 0 Å². The van der Waals surface area contributed by atoms with Gasteiger partial charge in [0, 0.05) is 45.5 Å². The Morgan fingerprint density at radius 1 is 1.22 bits per heavy atom. The predicted octanol–water partition coefficient (Wildman–Crippen LogP) is 2.36. The van der Waals surface area contributed by atoms with Crippen LogP contribution in [0.4, 0.5) is 5.69 Å². The highest BCUT2D eigenvalue weighted by Crippen LogP contribution is 2.23. The molecule has 2 aliphatic heterocycles. The fourth-order valence-electron chi connectivity index (χ4n) is 4.06. The van der Waals surface area contributed by atoms with Crippen LogP contribution in [0, 0.1) is 11.8 Å². The topological polar surface area (TPSA) is 57.2 Å². The molecule has 2 heterocycles. The molecule has 0 aromatic heterocycles. The van der Waals surface area contributed by atoms with Gasteiger partial charge in [-0.15, -0.1) is 0 Å². The average Bonchev–Trinajstić information content (AvgIpc) is 3.19. The Kier molecular flexibility index (Phi) is 6.96. The van der Waals surface area contributed by atoms with Crippen molar-refractivity contribution >= 4 is 17.6 Å². The van der Waals surface area contributed by atoms with Crippen LogP contribution in [-0.4, -0.2) is 63.2 Å². The maximum atomic E-state index is 12.1. The molecule has 2 atom stereocenters. The molecule has 2 aliphatic rings. The van der Waals surface area contributed by atoms with Crippen LogP contribution in [-0.2, 0) is 9.53 Å². The van der Waals surface area contributed by atoms with Gasteiger partial charge in [0.15, 0.2) is 5.96 Å². The summed E-state index contributed by atoms with van der Waals surface area (Å²) in [7, 11) is 1.82. The van der Waals surface area contributed by atoms with E-state index in [1.165, 1.54) is 12.1 Å². The number of nitrogens with zero attached hydrogens (tertiary/aromatic N) is 3. The van der Waals surface area contributed by atoms with E-state index >= 15 is 0 Å². The van der Waals surface area contributed by atoms with E-state index in [2.05, 4.69) is 50.4 Å². The lowest BCUT2D eigenvalue weighted by Crippen LogP contribution is -2.49. The lowest BCUT2D eigenvalue weighted by molar-refractivity contribution is -0.149. The summed E-state index contributed by atoms with van der Waals surface area (Å²) in [5.74, 6) is 1.39. The van der Waals surface area contributed by atoms with Gasteiger partial charge in [-0.05, 0) is 44.2 Å². The average molecular weight is 373 g/mol. The molecular formula is C21H32N4O2. The van der Waals surface area contributed by atoms with Crippen LogP contribution in [0.5, 0.6) is 0 Å². The van der Waals surface area contributed by atoms with Gasteiger partial charge in [-0.25, -0.2) is 0 Å². The Morgan fingerprint density at radius 3 is 2.78 bits per heavy atom. The second-order valence-electron chi connectivity index (χ2n) is 7.40. The van der Waals surface area contributed by atoms with Gasteiger partial charge in [-0.1, -0.05) is 18.2 Å². The van der Waals surface area contributed by atoms with Crippen LogP contribution < -0.4 is 10.2 Å². The molecule has 148 valence electrons. The molecule has 0 aliphatic carbocycles. The number of piperidine rings is 1. The number of hydrogen-bond donors (Lipinski definition) is 1. The molecule has 2 fully saturated rings. The first-order chi connectivity index (χ1) is 13.2. The fourth-order valence-corrected chi connectivity index (χ4v) is 4.06. The predicted molar refractivity (Wildman–Crippen MR) is 109 cm³/mol. The summed E-state index contributed by atoms with van der Waals surface area (Å²) in [5, 5.41) is 3.54. The summed E-state index contributed by atoms with van der Waals surface area (Å²) in [6, 6.07) is 10.6. The van der Waals surface area contributed by atoms with Crippen LogP contribution in [0.25, 0.3) is 0 Å². The van der Waals surface area contributed by atoms with Crippen molar-refractivity contribution in [2.24, 2.45) is 16.8 Å². The van der Waals surface area contributed by atoms with Gasteiger partial charge in [0.05, 0.1) is 12.5 Å². The van der Waals surface area contributed by atoms with Crippen molar-refractivity contribution in [3.05, 3.63) is 30.3 Å². The Labute approximate surface area is 162 Å². The number of para-hydroxylation sites is 1. The molecule has 6 heteroatoms. The molecule has 0 bridgehead atoms. The van der Waals surface area contributed by atoms with Crippen molar-refractivity contribution in [2.75, 3.05) is 51.3 Å². The number of carbonyl (C=O) groups is 1. The van der Waals surface area contributed by atoms with Crippen molar-refractivity contribution < 1.29 is 9.53 Å². The maximum Gasteiger partial charge on any atom is 0.310 e. The number of aliphatic imine (C=N–C) groups is 1. The first-order valence-corrected chi connectivity index (χ1v) is 10.1. The summed E-state index contributed by atoms with van der Waals surface area (Å²) >= 11 is 0. The van der Waals surface area contributed by atoms with Crippen LogP contribution in [0.1, 0.15) is 26.2 Å². The van der Waals surface area contributed by atoms with Gasteiger partial charge in [0.25, 0.3) is 0 Å². The largest absolute Gasteiger partial charge is 0.466 e. The lowest BCUT2D eigenvalue weighted by Gasteiger charge is -2.34. The number of benzene rings is 1. The molecule has 27 heavy (non-hydrogen) atoms. The van der Waals surface area contributed by atoms with E-state index in [0.717, 1.165) is 45.0 Å². The molecule has 0 spiro atoms.